The number of thiazole rings is 1. The van der Waals surface area contributed by atoms with Crippen LogP contribution >= 0.6 is 11.3 Å². The number of hydrazone groups is 1. The van der Waals surface area contributed by atoms with Crippen LogP contribution in [0.5, 0.6) is 0 Å². The molecule has 5 heteroatoms. The SMILES string of the molecule is O=C1CC/C(=N/Nc2nc3ccccc3s2)C1. The van der Waals surface area contributed by atoms with Crippen LogP contribution in [-0.4, -0.2) is 16.5 Å². The summed E-state index contributed by atoms with van der Waals surface area (Å²) in [6.07, 6.45) is 1.88. The van der Waals surface area contributed by atoms with Crippen molar-refractivity contribution in [1.29, 1.82) is 0 Å². The Labute approximate surface area is 102 Å². The smallest absolute Gasteiger partial charge is 0.204 e. The van der Waals surface area contributed by atoms with Gasteiger partial charge in [0.15, 0.2) is 0 Å². The van der Waals surface area contributed by atoms with E-state index in [9.17, 15) is 4.79 Å². The van der Waals surface area contributed by atoms with E-state index in [-0.39, 0.29) is 5.78 Å². The molecule has 0 unspecified atom stereocenters. The summed E-state index contributed by atoms with van der Waals surface area (Å²) in [7, 11) is 0. The first-order chi connectivity index (χ1) is 8.31. The Morgan fingerprint density at radius 1 is 1.29 bits per heavy atom. The number of para-hydroxylation sites is 1. The summed E-state index contributed by atoms with van der Waals surface area (Å²) in [5.74, 6) is 0.273. The average molecular weight is 245 g/mol. The number of hydrogen-bond donors (Lipinski definition) is 1. The number of aromatic nitrogens is 1. The lowest BCUT2D eigenvalue weighted by Crippen LogP contribution is -1.97. The number of ketones is 1. The molecule has 0 saturated heterocycles. The Morgan fingerprint density at radius 2 is 2.18 bits per heavy atom. The molecule has 3 rings (SSSR count). The molecular formula is C12H11N3OS. The summed E-state index contributed by atoms with van der Waals surface area (Å²) in [5.41, 5.74) is 4.84. The summed E-state index contributed by atoms with van der Waals surface area (Å²) in [5, 5.41) is 5.01. The number of carbonyl (C=O) groups is 1. The second kappa shape index (κ2) is 4.25. The van der Waals surface area contributed by atoms with E-state index >= 15 is 0 Å². The molecule has 1 aromatic carbocycles. The highest BCUT2D eigenvalue weighted by atomic mass is 32.1. The lowest BCUT2D eigenvalue weighted by molar-refractivity contribution is -0.116. The lowest BCUT2D eigenvalue weighted by Gasteiger charge is -1.95. The van der Waals surface area contributed by atoms with Crippen molar-refractivity contribution in [2.24, 2.45) is 5.10 Å². The third-order valence-electron chi connectivity index (χ3n) is 2.70. The molecule has 1 aliphatic rings. The molecule has 0 spiro atoms. The zero-order valence-corrected chi connectivity index (χ0v) is 9.96. The first-order valence-electron chi connectivity index (χ1n) is 5.50. The molecule has 0 aliphatic heterocycles. The molecule has 1 N–H and O–H groups in total. The largest absolute Gasteiger partial charge is 0.299 e. The Balaban J connectivity index is 1.79. The maximum atomic E-state index is 11.1. The molecule has 2 aromatic rings. The van der Waals surface area contributed by atoms with Crippen LogP contribution in [0, 0.1) is 0 Å². The van der Waals surface area contributed by atoms with E-state index in [1.165, 1.54) is 0 Å². The molecule has 4 nitrogen and oxygen atoms in total. The fourth-order valence-corrected chi connectivity index (χ4v) is 2.64. The van der Waals surface area contributed by atoms with E-state index in [1.807, 2.05) is 24.3 Å². The van der Waals surface area contributed by atoms with Crippen LogP contribution in [0.1, 0.15) is 19.3 Å². The third kappa shape index (κ3) is 2.19. The highest BCUT2D eigenvalue weighted by Gasteiger charge is 2.16. The summed E-state index contributed by atoms with van der Waals surface area (Å²) in [6.45, 7) is 0. The van der Waals surface area contributed by atoms with Gasteiger partial charge in [0.1, 0.15) is 5.78 Å². The standard InChI is InChI=1S/C12H11N3OS/c16-9-6-5-8(7-9)14-15-12-13-10-3-1-2-4-11(10)17-12/h1-4H,5-7H2,(H,13,15)/b14-8-. The van der Waals surface area contributed by atoms with Crippen molar-refractivity contribution >= 4 is 38.2 Å². The van der Waals surface area contributed by atoms with Gasteiger partial charge in [-0.05, 0) is 18.6 Å². The number of nitrogens with zero attached hydrogens (tertiary/aromatic N) is 2. The van der Waals surface area contributed by atoms with E-state index < -0.39 is 0 Å². The van der Waals surface area contributed by atoms with Gasteiger partial charge in [-0.1, -0.05) is 23.5 Å². The van der Waals surface area contributed by atoms with Gasteiger partial charge in [0.2, 0.25) is 5.13 Å². The van der Waals surface area contributed by atoms with Gasteiger partial charge < -0.3 is 0 Å². The van der Waals surface area contributed by atoms with E-state index in [0.29, 0.717) is 12.8 Å². The predicted octanol–water partition coefficient (Wildman–Crippen LogP) is 2.82. The van der Waals surface area contributed by atoms with Crippen LogP contribution in [0.2, 0.25) is 0 Å². The number of carbonyl (C=O) groups excluding carboxylic acids is 1. The topological polar surface area (TPSA) is 54.4 Å². The molecule has 0 atom stereocenters. The minimum Gasteiger partial charge on any atom is -0.299 e. The molecular weight excluding hydrogens is 234 g/mol. The Morgan fingerprint density at radius 3 is 2.94 bits per heavy atom. The van der Waals surface area contributed by atoms with Crippen molar-refractivity contribution in [2.45, 2.75) is 19.3 Å². The maximum Gasteiger partial charge on any atom is 0.204 e. The van der Waals surface area contributed by atoms with Crippen LogP contribution in [0.15, 0.2) is 29.4 Å². The molecule has 1 aromatic heterocycles. The molecule has 0 bridgehead atoms. The molecule has 0 amide bonds. The van der Waals surface area contributed by atoms with E-state index in [0.717, 1.165) is 27.5 Å². The Kier molecular flexibility index (Phi) is 2.60. The zero-order valence-electron chi connectivity index (χ0n) is 9.14. The minimum absolute atomic E-state index is 0.273. The summed E-state index contributed by atoms with van der Waals surface area (Å²) >= 11 is 1.57. The number of anilines is 1. The first kappa shape index (κ1) is 10.4. The Hall–Kier alpha value is -1.75. The van der Waals surface area contributed by atoms with Gasteiger partial charge >= 0.3 is 0 Å². The van der Waals surface area contributed by atoms with Crippen molar-refractivity contribution in [3.63, 3.8) is 0 Å². The molecule has 86 valence electrons. The van der Waals surface area contributed by atoms with Gasteiger partial charge in [0.05, 0.1) is 10.2 Å². The van der Waals surface area contributed by atoms with Gasteiger partial charge in [-0.2, -0.15) is 5.10 Å². The fraction of sp³-hybridized carbons (Fsp3) is 0.250. The minimum atomic E-state index is 0.273. The van der Waals surface area contributed by atoms with Gasteiger partial charge in [-0.3, -0.25) is 10.2 Å². The van der Waals surface area contributed by atoms with Crippen molar-refractivity contribution in [2.75, 3.05) is 5.43 Å². The first-order valence-corrected chi connectivity index (χ1v) is 6.31. The lowest BCUT2D eigenvalue weighted by atomic mass is 10.3. The number of hydrogen-bond acceptors (Lipinski definition) is 5. The molecule has 17 heavy (non-hydrogen) atoms. The summed E-state index contributed by atoms with van der Waals surface area (Å²) in [4.78, 5) is 15.5. The predicted molar refractivity (Wildman–Crippen MR) is 69.5 cm³/mol. The fourth-order valence-electron chi connectivity index (χ4n) is 1.83. The van der Waals surface area contributed by atoms with Crippen LogP contribution in [0.4, 0.5) is 5.13 Å². The molecule has 1 saturated carbocycles. The van der Waals surface area contributed by atoms with Crippen LogP contribution in [0.25, 0.3) is 10.2 Å². The third-order valence-corrected chi connectivity index (χ3v) is 3.64. The Bertz CT molecular complexity index is 570. The van der Waals surface area contributed by atoms with Gasteiger partial charge in [-0.15, -0.1) is 0 Å². The molecule has 0 radical (unpaired) electrons. The number of fused-ring (bicyclic) bond motifs is 1. The molecule has 1 heterocycles. The quantitative estimate of drug-likeness (QED) is 0.828. The monoisotopic (exact) mass is 245 g/mol. The number of Topliss-reactive ketones (excluding diaryl/α,β-unsaturated/α-hetero) is 1. The number of rotatable bonds is 2. The average Bonchev–Trinajstić information content (AvgIpc) is 2.91. The van der Waals surface area contributed by atoms with E-state index in [2.05, 4.69) is 15.5 Å². The van der Waals surface area contributed by atoms with Gasteiger partial charge in [-0.25, -0.2) is 4.98 Å². The van der Waals surface area contributed by atoms with Crippen molar-refractivity contribution < 1.29 is 4.79 Å². The van der Waals surface area contributed by atoms with Gasteiger partial charge in [0.25, 0.3) is 0 Å². The zero-order chi connectivity index (χ0) is 11.7. The van der Waals surface area contributed by atoms with E-state index in [1.54, 1.807) is 11.3 Å². The van der Waals surface area contributed by atoms with Crippen LogP contribution in [0.3, 0.4) is 0 Å². The van der Waals surface area contributed by atoms with Crippen molar-refractivity contribution in [3.8, 4) is 0 Å². The maximum absolute atomic E-state index is 11.1. The molecule has 1 aliphatic carbocycles. The summed E-state index contributed by atoms with van der Waals surface area (Å²) < 4.78 is 1.14. The normalized spacial score (nSPS) is 18.1. The second-order valence-electron chi connectivity index (χ2n) is 3.99. The highest BCUT2D eigenvalue weighted by molar-refractivity contribution is 7.22. The van der Waals surface area contributed by atoms with Crippen molar-refractivity contribution in [3.05, 3.63) is 24.3 Å². The van der Waals surface area contributed by atoms with Crippen LogP contribution in [-0.2, 0) is 4.79 Å². The second-order valence-corrected chi connectivity index (χ2v) is 5.02. The van der Waals surface area contributed by atoms with Crippen LogP contribution < -0.4 is 5.43 Å². The number of nitrogens with one attached hydrogen (secondary N) is 1. The highest BCUT2D eigenvalue weighted by Crippen LogP contribution is 2.25. The van der Waals surface area contributed by atoms with E-state index in [4.69, 9.17) is 0 Å². The van der Waals surface area contributed by atoms with Crippen molar-refractivity contribution in [1.82, 2.24) is 4.98 Å². The summed E-state index contributed by atoms with van der Waals surface area (Å²) in [6, 6.07) is 7.97. The van der Waals surface area contributed by atoms with Gasteiger partial charge in [0, 0.05) is 18.6 Å². The molecule has 1 fully saturated rings. The number of benzene rings is 1.